The van der Waals surface area contributed by atoms with Crippen molar-refractivity contribution in [3.8, 4) is 0 Å². The molecule has 1 saturated carbocycles. The Kier molecular flexibility index (Phi) is 3.84. The van der Waals surface area contributed by atoms with Crippen LogP contribution in [0.3, 0.4) is 0 Å². The Hall–Kier alpha value is -1.06. The lowest BCUT2D eigenvalue weighted by Gasteiger charge is -2.23. The van der Waals surface area contributed by atoms with Crippen molar-refractivity contribution in [2.45, 2.75) is 65.0 Å². The Morgan fingerprint density at radius 3 is 2.18 bits per heavy atom. The van der Waals surface area contributed by atoms with Gasteiger partial charge in [0.1, 0.15) is 11.4 Å². The van der Waals surface area contributed by atoms with Crippen molar-refractivity contribution in [3.05, 3.63) is 0 Å². The molecular formula is C13H23NO3. The molecule has 0 atom stereocenters. The van der Waals surface area contributed by atoms with Gasteiger partial charge in [-0.05, 0) is 33.6 Å². The lowest BCUT2D eigenvalue weighted by atomic mass is 10.0. The first kappa shape index (κ1) is 14.0. The SMILES string of the molecule is CC(C)C(=O)CC1(NC(=O)OC(C)(C)C)CC1. The fourth-order valence-corrected chi connectivity index (χ4v) is 1.55. The van der Waals surface area contributed by atoms with Crippen LogP contribution in [0.1, 0.15) is 53.9 Å². The average Bonchev–Trinajstić information content (AvgIpc) is 2.80. The zero-order valence-corrected chi connectivity index (χ0v) is 11.4. The number of hydrogen-bond donors (Lipinski definition) is 1. The largest absolute Gasteiger partial charge is 0.444 e. The van der Waals surface area contributed by atoms with Crippen LogP contribution in [0.5, 0.6) is 0 Å². The minimum atomic E-state index is -0.498. The zero-order chi connectivity index (χ0) is 13.3. The van der Waals surface area contributed by atoms with E-state index in [4.69, 9.17) is 4.74 Å². The van der Waals surface area contributed by atoms with Gasteiger partial charge in [-0.3, -0.25) is 4.79 Å². The second-order valence-corrected chi connectivity index (χ2v) is 6.21. The number of nitrogens with one attached hydrogen (secondary N) is 1. The van der Waals surface area contributed by atoms with Crippen LogP contribution in [-0.2, 0) is 9.53 Å². The minimum absolute atomic E-state index is 0.0212. The van der Waals surface area contributed by atoms with Crippen molar-refractivity contribution in [2.75, 3.05) is 0 Å². The van der Waals surface area contributed by atoms with E-state index in [9.17, 15) is 9.59 Å². The molecule has 0 unspecified atom stereocenters. The molecule has 98 valence electrons. The maximum absolute atomic E-state index is 11.7. The highest BCUT2D eigenvalue weighted by Crippen LogP contribution is 2.39. The molecule has 0 saturated heterocycles. The first-order valence-corrected chi connectivity index (χ1v) is 6.17. The van der Waals surface area contributed by atoms with Crippen molar-refractivity contribution in [3.63, 3.8) is 0 Å². The van der Waals surface area contributed by atoms with Gasteiger partial charge in [-0.2, -0.15) is 0 Å². The predicted octanol–water partition coefficient (Wildman–Crippen LogP) is 2.66. The first-order valence-electron chi connectivity index (χ1n) is 6.17. The molecular weight excluding hydrogens is 218 g/mol. The number of hydrogen-bond acceptors (Lipinski definition) is 3. The van der Waals surface area contributed by atoms with E-state index in [2.05, 4.69) is 5.32 Å². The van der Waals surface area contributed by atoms with Crippen LogP contribution < -0.4 is 5.32 Å². The molecule has 1 rings (SSSR count). The summed E-state index contributed by atoms with van der Waals surface area (Å²) in [6, 6.07) is 0. The molecule has 4 nitrogen and oxygen atoms in total. The van der Waals surface area contributed by atoms with Crippen molar-refractivity contribution in [2.24, 2.45) is 5.92 Å². The zero-order valence-electron chi connectivity index (χ0n) is 11.4. The molecule has 1 aliphatic rings. The van der Waals surface area contributed by atoms with E-state index in [1.165, 1.54) is 0 Å². The van der Waals surface area contributed by atoms with Gasteiger partial charge in [0.2, 0.25) is 0 Å². The summed E-state index contributed by atoms with van der Waals surface area (Å²) in [4.78, 5) is 23.3. The smallest absolute Gasteiger partial charge is 0.408 e. The van der Waals surface area contributed by atoms with Gasteiger partial charge in [0.05, 0.1) is 5.54 Å². The Morgan fingerprint density at radius 2 is 1.82 bits per heavy atom. The molecule has 0 aromatic rings. The summed E-state index contributed by atoms with van der Waals surface area (Å²) in [5.41, 5.74) is -0.827. The Balaban J connectivity index is 2.46. The summed E-state index contributed by atoms with van der Waals surface area (Å²) in [6.07, 6.45) is 1.73. The molecule has 1 N–H and O–H groups in total. The van der Waals surface area contributed by atoms with Crippen LogP contribution in [0.4, 0.5) is 4.79 Å². The second-order valence-electron chi connectivity index (χ2n) is 6.21. The summed E-state index contributed by atoms with van der Waals surface area (Å²) in [7, 11) is 0. The van der Waals surface area contributed by atoms with Gasteiger partial charge in [0.15, 0.2) is 0 Å². The number of carbonyl (C=O) groups is 2. The van der Waals surface area contributed by atoms with Crippen molar-refractivity contribution >= 4 is 11.9 Å². The standard InChI is InChI=1S/C13H23NO3/c1-9(2)10(15)8-13(6-7-13)14-11(16)17-12(3,4)5/h9H,6-8H2,1-5H3,(H,14,16). The van der Waals surface area contributed by atoms with Gasteiger partial charge < -0.3 is 10.1 Å². The summed E-state index contributed by atoms with van der Waals surface area (Å²) >= 11 is 0. The van der Waals surface area contributed by atoms with E-state index in [1.54, 1.807) is 0 Å². The molecule has 0 spiro atoms. The highest BCUT2D eigenvalue weighted by atomic mass is 16.6. The van der Waals surface area contributed by atoms with Crippen LogP contribution in [0, 0.1) is 5.92 Å². The maximum atomic E-state index is 11.7. The maximum Gasteiger partial charge on any atom is 0.408 e. The molecule has 17 heavy (non-hydrogen) atoms. The molecule has 0 bridgehead atoms. The molecule has 1 aliphatic carbocycles. The van der Waals surface area contributed by atoms with Gasteiger partial charge in [-0.1, -0.05) is 13.8 Å². The number of Topliss-reactive ketones (excluding diaryl/α,β-unsaturated/α-hetero) is 1. The van der Waals surface area contributed by atoms with Gasteiger partial charge in [0.25, 0.3) is 0 Å². The third-order valence-electron chi connectivity index (χ3n) is 2.78. The molecule has 0 radical (unpaired) electrons. The fourth-order valence-electron chi connectivity index (χ4n) is 1.55. The van der Waals surface area contributed by atoms with Crippen molar-refractivity contribution in [1.82, 2.24) is 5.32 Å². The predicted molar refractivity (Wildman–Crippen MR) is 65.8 cm³/mol. The number of alkyl carbamates (subject to hydrolysis) is 1. The molecule has 0 aromatic carbocycles. The van der Waals surface area contributed by atoms with E-state index >= 15 is 0 Å². The average molecular weight is 241 g/mol. The minimum Gasteiger partial charge on any atom is -0.444 e. The van der Waals surface area contributed by atoms with E-state index in [-0.39, 0.29) is 17.2 Å². The third kappa shape index (κ3) is 4.75. The molecule has 0 aliphatic heterocycles. The van der Waals surface area contributed by atoms with Crippen LogP contribution in [0.2, 0.25) is 0 Å². The van der Waals surface area contributed by atoms with Gasteiger partial charge in [0, 0.05) is 12.3 Å². The highest BCUT2D eigenvalue weighted by molar-refractivity contribution is 5.83. The Labute approximate surface area is 103 Å². The van der Waals surface area contributed by atoms with Crippen LogP contribution in [-0.4, -0.2) is 23.0 Å². The summed E-state index contributed by atoms with van der Waals surface area (Å²) in [6.45, 7) is 9.24. The fraction of sp³-hybridized carbons (Fsp3) is 0.846. The number of ketones is 1. The van der Waals surface area contributed by atoms with E-state index in [1.807, 2.05) is 34.6 Å². The normalized spacial score (nSPS) is 17.8. The summed E-state index contributed by atoms with van der Waals surface area (Å²) in [5.74, 6) is 0.214. The van der Waals surface area contributed by atoms with Crippen molar-refractivity contribution in [1.29, 1.82) is 0 Å². The Morgan fingerprint density at radius 1 is 1.29 bits per heavy atom. The van der Waals surface area contributed by atoms with E-state index in [0.29, 0.717) is 6.42 Å². The number of rotatable bonds is 4. The summed E-state index contributed by atoms with van der Waals surface area (Å²) in [5, 5.41) is 2.83. The third-order valence-corrected chi connectivity index (χ3v) is 2.78. The van der Waals surface area contributed by atoms with Crippen LogP contribution in [0.15, 0.2) is 0 Å². The Bertz CT molecular complexity index is 311. The number of carbonyl (C=O) groups excluding carboxylic acids is 2. The van der Waals surface area contributed by atoms with Gasteiger partial charge >= 0.3 is 6.09 Å². The molecule has 0 aromatic heterocycles. The van der Waals surface area contributed by atoms with Gasteiger partial charge in [-0.25, -0.2) is 4.79 Å². The summed E-state index contributed by atoms with van der Waals surface area (Å²) < 4.78 is 5.19. The topological polar surface area (TPSA) is 55.4 Å². The van der Waals surface area contributed by atoms with E-state index in [0.717, 1.165) is 12.8 Å². The lowest BCUT2D eigenvalue weighted by molar-refractivity contribution is -0.122. The van der Waals surface area contributed by atoms with Crippen LogP contribution in [0.25, 0.3) is 0 Å². The monoisotopic (exact) mass is 241 g/mol. The molecule has 0 heterocycles. The molecule has 4 heteroatoms. The second kappa shape index (κ2) is 4.67. The molecule has 1 fully saturated rings. The number of amides is 1. The van der Waals surface area contributed by atoms with Gasteiger partial charge in [-0.15, -0.1) is 0 Å². The quantitative estimate of drug-likeness (QED) is 0.823. The van der Waals surface area contributed by atoms with Crippen molar-refractivity contribution < 1.29 is 14.3 Å². The number of ether oxygens (including phenoxy) is 1. The van der Waals surface area contributed by atoms with Crippen LogP contribution >= 0.6 is 0 Å². The highest BCUT2D eigenvalue weighted by Gasteiger charge is 2.46. The molecule has 1 amide bonds. The lowest BCUT2D eigenvalue weighted by Crippen LogP contribution is -2.42. The first-order chi connectivity index (χ1) is 7.64. The van der Waals surface area contributed by atoms with E-state index < -0.39 is 11.7 Å².